The van der Waals surface area contributed by atoms with E-state index < -0.39 is 5.97 Å². The van der Waals surface area contributed by atoms with E-state index >= 15 is 0 Å². The molecule has 0 saturated heterocycles. The van der Waals surface area contributed by atoms with E-state index in [9.17, 15) is 4.79 Å². The van der Waals surface area contributed by atoms with Crippen LogP contribution in [0.2, 0.25) is 0 Å². The molecule has 0 bridgehead atoms. The van der Waals surface area contributed by atoms with Gasteiger partial charge in [-0.3, -0.25) is 4.98 Å². The van der Waals surface area contributed by atoms with Crippen LogP contribution in [-0.2, 0) is 0 Å². The van der Waals surface area contributed by atoms with E-state index in [1.54, 1.807) is 6.92 Å². The number of methoxy groups -OCH3 is 1. The lowest BCUT2D eigenvalue weighted by Crippen LogP contribution is -2.02. The van der Waals surface area contributed by atoms with Crippen LogP contribution in [-0.4, -0.2) is 23.2 Å². The lowest BCUT2D eigenvalue weighted by molar-refractivity contribution is 0.0695. The molecule has 1 aromatic rings. The Hall–Kier alpha value is -1.29. The van der Waals surface area contributed by atoms with Gasteiger partial charge in [-0.1, -0.05) is 0 Å². The van der Waals surface area contributed by atoms with Gasteiger partial charge < -0.3 is 9.84 Å². The molecule has 1 N–H and O–H groups in total. The molecule has 0 atom stereocenters. The standard InChI is InChI=1S/C8H9NO3.ClH/c1-5-6(8(10)11)3-9-4-7(5)12-2;/h3-4H,1-2H3,(H,10,11);1H. The van der Waals surface area contributed by atoms with Gasteiger partial charge in [-0.05, 0) is 6.92 Å². The van der Waals surface area contributed by atoms with Crippen molar-refractivity contribution in [3.8, 4) is 5.75 Å². The third-order valence-electron chi connectivity index (χ3n) is 1.62. The topological polar surface area (TPSA) is 59.4 Å². The number of aromatic carboxylic acids is 1. The van der Waals surface area contributed by atoms with Crippen LogP contribution in [0.25, 0.3) is 0 Å². The molecule has 72 valence electrons. The molecule has 1 rings (SSSR count). The van der Waals surface area contributed by atoms with Gasteiger partial charge >= 0.3 is 5.97 Å². The maximum absolute atomic E-state index is 10.6. The average molecular weight is 204 g/mol. The van der Waals surface area contributed by atoms with Gasteiger partial charge in [-0.25, -0.2) is 4.79 Å². The molecule has 0 spiro atoms. The summed E-state index contributed by atoms with van der Waals surface area (Å²) in [6, 6.07) is 0. The van der Waals surface area contributed by atoms with Crippen LogP contribution in [0.15, 0.2) is 12.4 Å². The zero-order valence-corrected chi connectivity index (χ0v) is 8.09. The van der Waals surface area contributed by atoms with Crippen molar-refractivity contribution in [2.75, 3.05) is 7.11 Å². The second kappa shape index (κ2) is 4.67. The molecule has 1 heterocycles. The number of pyridine rings is 1. The number of nitrogens with zero attached hydrogens (tertiary/aromatic N) is 1. The Labute approximate surface area is 82.0 Å². The highest BCUT2D eigenvalue weighted by atomic mass is 35.5. The molecule has 0 aliphatic carbocycles. The van der Waals surface area contributed by atoms with E-state index in [4.69, 9.17) is 9.84 Å². The number of ether oxygens (including phenoxy) is 1. The molecule has 0 aliphatic rings. The summed E-state index contributed by atoms with van der Waals surface area (Å²) < 4.78 is 4.91. The van der Waals surface area contributed by atoms with Crippen molar-refractivity contribution in [2.24, 2.45) is 0 Å². The second-order valence-electron chi connectivity index (χ2n) is 2.32. The number of carboxylic acid groups (broad SMARTS) is 1. The minimum absolute atomic E-state index is 0. The molecule has 4 nitrogen and oxygen atoms in total. The number of hydrogen-bond acceptors (Lipinski definition) is 3. The normalized spacial score (nSPS) is 8.77. The Bertz CT molecular complexity index is 314. The number of carbonyl (C=O) groups is 1. The van der Waals surface area contributed by atoms with Gasteiger partial charge in [-0.2, -0.15) is 0 Å². The predicted molar refractivity (Wildman–Crippen MR) is 49.7 cm³/mol. The van der Waals surface area contributed by atoms with E-state index in [1.807, 2.05) is 0 Å². The zero-order chi connectivity index (χ0) is 9.14. The number of aromatic nitrogens is 1. The first-order chi connectivity index (χ1) is 5.66. The van der Waals surface area contributed by atoms with Crippen molar-refractivity contribution in [2.45, 2.75) is 6.92 Å². The van der Waals surface area contributed by atoms with E-state index in [-0.39, 0.29) is 18.0 Å². The Morgan fingerprint density at radius 2 is 2.15 bits per heavy atom. The number of rotatable bonds is 2. The van der Waals surface area contributed by atoms with Gasteiger partial charge in [-0.15, -0.1) is 12.4 Å². The van der Waals surface area contributed by atoms with E-state index in [2.05, 4.69) is 4.98 Å². The largest absolute Gasteiger partial charge is 0.495 e. The van der Waals surface area contributed by atoms with Crippen LogP contribution < -0.4 is 4.74 Å². The van der Waals surface area contributed by atoms with Crippen LogP contribution in [0.3, 0.4) is 0 Å². The second-order valence-corrected chi connectivity index (χ2v) is 2.32. The molecule has 0 aliphatic heterocycles. The minimum Gasteiger partial charge on any atom is -0.495 e. The first-order valence-corrected chi connectivity index (χ1v) is 3.38. The summed E-state index contributed by atoms with van der Waals surface area (Å²) in [7, 11) is 1.48. The SMILES string of the molecule is COc1cncc(C(=O)O)c1C.Cl. The fourth-order valence-electron chi connectivity index (χ4n) is 0.927. The van der Waals surface area contributed by atoms with Crippen molar-refractivity contribution in [1.29, 1.82) is 0 Å². The number of halogens is 1. The third kappa shape index (κ3) is 2.32. The highest BCUT2D eigenvalue weighted by molar-refractivity contribution is 5.89. The van der Waals surface area contributed by atoms with E-state index in [1.165, 1.54) is 19.5 Å². The van der Waals surface area contributed by atoms with Crippen LogP contribution in [0.4, 0.5) is 0 Å². The van der Waals surface area contributed by atoms with Crippen LogP contribution in [0, 0.1) is 6.92 Å². The molecule has 0 fully saturated rings. The summed E-state index contributed by atoms with van der Waals surface area (Å²) >= 11 is 0. The van der Waals surface area contributed by atoms with Gasteiger partial charge in [0.05, 0.1) is 18.9 Å². The predicted octanol–water partition coefficient (Wildman–Crippen LogP) is 1.52. The molecule has 5 heteroatoms. The van der Waals surface area contributed by atoms with Crippen molar-refractivity contribution < 1.29 is 14.6 Å². The molecule has 0 radical (unpaired) electrons. The van der Waals surface area contributed by atoms with Gasteiger partial charge in [0.1, 0.15) is 5.75 Å². The van der Waals surface area contributed by atoms with Gasteiger partial charge in [0.2, 0.25) is 0 Å². The first-order valence-electron chi connectivity index (χ1n) is 3.38. The molecular formula is C8H10ClNO3. The van der Waals surface area contributed by atoms with Gasteiger partial charge in [0.25, 0.3) is 0 Å². The first kappa shape index (κ1) is 11.7. The Morgan fingerprint density at radius 3 is 2.62 bits per heavy atom. The molecule has 13 heavy (non-hydrogen) atoms. The molecule has 0 amide bonds. The van der Waals surface area contributed by atoms with Gasteiger partial charge in [0.15, 0.2) is 0 Å². The van der Waals surface area contributed by atoms with Gasteiger partial charge in [0, 0.05) is 11.8 Å². The Balaban J connectivity index is 0.00000144. The highest BCUT2D eigenvalue weighted by Crippen LogP contribution is 2.18. The molecular weight excluding hydrogens is 194 g/mol. The molecule has 0 unspecified atom stereocenters. The summed E-state index contributed by atoms with van der Waals surface area (Å²) in [5.74, 6) is -0.492. The lowest BCUT2D eigenvalue weighted by atomic mass is 10.1. The Morgan fingerprint density at radius 1 is 1.54 bits per heavy atom. The van der Waals surface area contributed by atoms with Crippen LogP contribution >= 0.6 is 12.4 Å². The smallest absolute Gasteiger partial charge is 0.337 e. The summed E-state index contributed by atoms with van der Waals surface area (Å²) in [6.45, 7) is 1.68. The molecule has 1 aromatic heterocycles. The highest BCUT2D eigenvalue weighted by Gasteiger charge is 2.10. The third-order valence-corrected chi connectivity index (χ3v) is 1.62. The lowest BCUT2D eigenvalue weighted by Gasteiger charge is -2.05. The Kier molecular flexibility index (Phi) is 4.20. The van der Waals surface area contributed by atoms with Crippen molar-refractivity contribution in [3.63, 3.8) is 0 Å². The fraction of sp³-hybridized carbons (Fsp3) is 0.250. The minimum atomic E-state index is -0.987. The van der Waals surface area contributed by atoms with E-state index in [0.717, 1.165) is 0 Å². The van der Waals surface area contributed by atoms with Crippen LogP contribution in [0.5, 0.6) is 5.75 Å². The van der Waals surface area contributed by atoms with Crippen molar-refractivity contribution >= 4 is 18.4 Å². The van der Waals surface area contributed by atoms with E-state index in [0.29, 0.717) is 11.3 Å². The van der Waals surface area contributed by atoms with Crippen LogP contribution in [0.1, 0.15) is 15.9 Å². The summed E-state index contributed by atoms with van der Waals surface area (Å²) in [5, 5.41) is 8.69. The number of carboxylic acids is 1. The fourth-order valence-corrected chi connectivity index (χ4v) is 0.927. The van der Waals surface area contributed by atoms with Crippen molar-refractivity contribution in [1.82, 2.24) is 4.98 Å². The maximum Gasteiger partial charge on any atom is 0.337 e. The quantitative estimate of drug-likeness (QED) is 0.792. The molecule has 0 saturated carbocycles. The van der Waals surface area contributed by atoms with Crippen molar-refractivity contribution in [3.05, 3.63) is 23.5 Å². The summed E-state index contributed by atoms with van der Waals surface area (Å²) in [4.78, 5) is 14.3. The summed E-state index contributed by atoms with van der Waals surface area (Å²) in [5.41, 5.74) is 0.773. The maximum atomic E-state index is 10.6. The summed E-state index contributed by atoms with van der Waals surface area (Å²) in [6.07, 6.45) is 2.79. The number of hydrogen-bond donors (Lipinski definition) is 1. The zero-order valence-electron chi connectivity index (χ0n) is 7.27. The molecule has 0 aromatic carbocycles. The average Bonchev–Trinajstić information content (AvgIpc) is 2.04. The monoisotopic (exact) mass is 203 g/mol.